The lowest BCUT2D eigenvalue weighted by Gasteiger charge is -2.25. The van der Waals surface area contributed by atoms with Crippen LogP contribution in [0, 0.1) is 17.7 Å². The van der Waals surface area contributed by atoms with E-state index in [9.17, 15) is 9.18 Å². The summed E-state index contributed by atoms with van der Waals surface area (Å²) in [6.45, 7) is 7.18. The van der Waals surface area contributed by atoms with Crippen LogP contribution in [0.2, 0.25) is 0 Å². The molecule has 144 valence electrons. The standard InChI is InChI=1S/C21H26FN3O2/c1-21(2,3)27-20(26)25-11-13-8-16(9-14(13)12-25)24-19-6-7-23-18-5-4-15(22)10-17(18)19/h4-7,10,13-14,16H,8-9,11-12H2,1-3H3,(H,23,24). The minimum atomic E-state index is -0.462. The number of hydrogen-bond acceptors (Lipinski definition) is 4. The van der Waals surface area contributed by atoms with Gasteiger partial charge in [0.15, 0.2) is 0 Å². The molecule has 0 bridgehead atoms. The van der Waals surface area contributed by atoms with E-state index in [4.69, 9.17) is 4.74 Å². The Balaban J connectivity index is 1.40. The molecule has 2 aromatic rings. The lowest BCUT2D eigenvalue weighted by atomic mass is 10.0. The molecule has 0 radical (unpaired) electrons. The summed E-state index contributed by atoms with van der Waals surface area (Å²) in [6, 6.07) is 6.91. The summed E-state index contributed by atoms with van der Waals surface area (Å²) in [4.78, 5) is 18.4. The van der Waals surface area contributed by atoms with Crippen molar-refractivity contribution in [1.29, 1.82) is 0 Å². The number of fused-ring (bicyclic) bond motifs is 2. The van der Waals surface area contributed by atoms with Crippen molar-refractivity contribution >= 4 is 22.7 Å². The number of aromatic nitrogens is 1. The van der Waals surface area contributed by atoms with E-state index in [0.29, 0.717) is 17.9 Å². The van der Waals surface area contributed by atoms with Crippen LogP contribution in [0.1, 0.15) is 33.6 Å². The summed E-state index contributed by atoms with van der Waals surface area (Å²) in [6.07, 6.45) is 3.55. The number of nitrogens with one attached hydrogen (secondary N) is 1. The fourth-order valence-electron chi connectivity index (χ4n) is 4.36. The SMILES string of the molecule is CC(C)(C)OC(=O)N1CC2CC(Nc3ccnc4ccc(F)cc34)CC2C1. The first-order chi connectivity index (χ1) is 12.8. The Morgan fingerprint density at radius 1 is 1.22 bits per heavy atom. The Morgan fingerprint density at radius 2 is 1.93 bits per heavy atom. The molecule has 2 heterocycles. The summed E-state index contributed by atoms with van der Waals surface area (Å²) < 4.78 is 19.1. The van der Waals surface area contributed by atoms with Crippen molar-refractivity contribution in [3.8, 4) is 0 Å². The molecule has 2 fully saturated rings. The lowest BCUT2D eigenvalue weighted by Crippen LogP contribution is -2.36. The first-order valence-electron chi connectivity index (χ1n) is 9.57. The third-order valence-electron chi connectivity index (χ3n) is 5.47. The number of carbonyl (C=O) groups is 1. The Labute approximate surface area is 158 Å². The topological polar surface area (TPSA) is 54.5 Å². The monoisotopic (exact) mass is 371 g/mol. The van der Waals surface area contributed by atoms with Gasteiger partial charge in [-0.15, -0.1) is 0 Å². The van der Waals surface area contributed by atoms with Gasteiger partial charge < -0.3 is 15.0 Å². The van der Waals surface area contributed by atoms with Crippen LogP contribution in [-0.2, 0) is 4.74 Å². The van der Waals surface area contributed by atoms with Gasteiger partial charge in [-0.3, -0.25) is 4.98 Å². The molecular weight excluding hydrogens is 345 g/mol. The molecule has 1 aliphatic carbocycles. The number of carbonyl (C=O) groups excluding carboxylic acids is 1. The van der Waals surface area contributed by atoms with E-state index in [1.54, 1.807) is 12.3 Å². The van der Waals surface area contributed by atoms with Crippen molar-refractivity contribution in [3.63, 3.8) is 0 Å². The molecule has 1 amide bonds. The Hall–Kier alpha value is -2.37. The minimum absolute atomic E-state index is 0.211. The highest BCUT2D eigenvalue weighted by molar-refractivity contribution is 5.91. The van der Waals surface area contributed by atoms with Gasteiger partial charge in [-0.25, -0.2) is 9.18 Å². The normalized spacial score (nSPS) is 24.9. The van der Waals surface area contributed by atoms with E-state index in [0.717, 1.165) is 42.5 Å². The number of halogens is 1. The maximum atomic E-state index is 13.6. The average Bonchev–Trinajstić information content (AvgIpc) is 3.12. The summed E-state index contributed by atoms with van der Waals surface area (Å²) >= 11 is 0. The minimum Gasteiger partial charge on any atom is -0.444 e. The number of hydrogen-bond donors (Lipinski definition) is 1. The lowest BCUT2D eigenvalue weighted by molar-refractivity contribution is 0.0280. The Bertz CT molecular complexity index is 850. The van der Waals surface area contributed by atoms with Gasteiger partial charge in [0.25, 0.3) is 0 Å². The zero-order valence-corrected chi connectivity index (χ0v) is 16.0. The Kier molecular flexibility index (Phi) is 4.44. The van der Waals surface area contributed by atoms with E-state index in [1.807, 2.05) is 31.7 Å². The molecule has 1 N–H and O–H groups in total. The number of ether oxygens (including phenoxy) is 1. The van der Waals surface area contributed by atoms with Gasteiger partial charge in [0.2, 0.25) is 0 Å². The van der Waals surface area contributed by atoms with Crippen LogP contribution in [0.25, 0.3) is 10.9 Å². The summed E-state index contributed by atoms with van der Waals surface area (Å²) in [7, 11) is 0. The van der Waals surface area contributed by atoms with E-state index in [-0.39, 0.29) is 11.9 Å². The number of nitrogens with zero attached hydrogens (tertiary/aromatic N) is 2. The van der Waals surface area contributed by atoms with Gasteiger partial charge in [0.1, 0.15) is 11.4 Å². The van der Waals surface area contributed by atoms with Crippen LogP contribution in [-0.4, -0.2) is 40.7 Å². The van der Waals surface area contributed by atoms with E-state index in [2.05, 4.69) is 10.3 Å². The zero-order chi connectivity index (χ0) is 19.2. The first-order valence-corrected chi connectivity index (χ1v) is 9.57. The maximum Gasteiger partial charge on any atom is 0.410 e. The highest BCUT2D eigenvalue weighted by atomic mass is 19.1. The molecule has 4 rings (SSSR count). The van der Waals surface area contributed by atoms with Gasteiger partial charge in [0.05, 0.1) is 5.52 Å². The summed E-state index contributed by atoms with van der Waals surface area (Å²) in [5, 5.41) is 4.39. The average molecular weight is 371 g/mol. The molecule has 2 aliphatic rings. The van der Waals surface area contributed by atoms with Crippen LogP contribution < -0.4 is 5.32 Å². The smallest absolute Gasteiger partial charge is 0.410 e. The third-order valence-corrected chi connectivity index (χ3v) is 5.47. The molecule has 1 saturated heterocycles. The van der Waals surface area contributed by atoms with E-state index in [1.165, 1.54) is 12.1 Å². The molecule has 1 saturated carbocycles. The van der Waals surface area contributed by atoms with Crippen molar-refractivity contribution in [2.75, 3.05) is 18.4 Å². The number of rotatable bonds is 2. The second-order valence-corrected chi connectivity index (χ2v) is 8.74. The fourth-order valence-corrected chi connectivity index (χ4v) is 4.36. The third kappa shape index (κ3) is 3.84. The predicted molar refractivity (Wildman–Crippen MR) is 103 cm³/mol. The first kappa shape index (κ1) is 18.0. The number of amides is 1. The van der Waals surface area contributed by atoms with E-state index >= 15 is 0 Å². The van der Waals surface area contributed by atoms with Crippen molar-refractivity contribution < 1.29 is 13.9 Å². The van der Waals surface area contributed by atoms with Gasteiger partial charge in [0, 0.05) is 36.4 Å². The molecule has 0 spiro atoms. The van der Waals surface area contributed by atoms with Crippen molar-refractivity contribution in [1.82, 2.24) is 9.88 Å². The van der Waals surface area contributed by atoms with Crippen LogP contribution in [0.15, 0.2) is 30.5 Å². The quantitative estimate of drug-likeness (QED) is 0.848. The number of anilines is 1. The number of benzene rings is 1. The molecule has 6 heteroatoms. The number of pyridine rings is 1. The molecule has 1 aromatic carbocycles. The molecule has 1 aromatic heterocycles. The predicted octanol–water partition coefficient (Wildman–Crippen LogP) is 4.43. The van der Waals surface area contributed by atoms with Crippen LogP contribution in [0.3, 0.4) is 0 Å². The highest BCUT2D eigenvalue weighted by Gasteiger charge is 2.43. The van der Waals surface area contributed by atoms with Gasteiger partial charge in [-0.1, -0.05) is 0 Å². The molecule has 1 aliphatic heterocycles. The second kappa shape index (κ2) is 6.66. The van der Waals surface area contributed by atoms with Crippen molar-refractivity contribution in [2.45, 2.75) is 45.3 Å². The van der Waals surface area contributed by atoms with Gasteiger partial charge in [-0.05, 0) is 69.7 Å². The number of likely N-dealkylation sites (tertiary alicyclic amines) is 1. The largest absolute Gasteiger partial charge is 0.444 e. The maximum absolute atomic E-state index is 13.6. The van der Waals surface area contributed by atoms with Crippen LogP contribution in [0.4, 0.5) is 14.9 Å². The van der Waals surface area contributed by atoms with Crippen molar-refractivity contribution in [3.05, 3.63) is 36.3 Å². The molecule has 27 heavy (non-hydrogen) atoms. The zero-order valence-electron chi connectivity index (χ0n) is 16.0. The van der Waals surface area contributed by atoms with Gasteiger partial charge in [-0.2, -0.15) is 0 Å². The van der Waals surface area contributed by atoms with Crippen LogP contribution >= 0.6 is 0 Å². The highest BCUT2D eigenvalue weighted by Crippen LogP contribution is 2.40. The molecule has 2 atom stereocenters. The van der Waals surface area contributed by atoms with Crippen LogP contribution in [0.5, 0.6) is 0 Å². The molecule has 2 unspecified atom stereocenters. The molecular formula is C21H26FN3O2. The second-order valence-electron chi connectivity index (χ2n) is 8.74. The van der Waals surface area contributed by atoms with E-state index < -0.39 is 5.60 Å². The molecule has 5 nitrogen and oxygen atoms in total. The van der Waals surface area contributed by atoms with Gasteiger partial charge >= 0.3 is 6.09 Å². The van der Waals surface area contributed by atoms with Crippen molar-refractivity contribution in [2.24, 2.45) is 11.8 Å². The summed E-state index contributed by atoms with van der Waals surface area (Å²) in [5.74, 6) is 0.717. The Morgan fingerprint density at radius 3 is 2.59 bits per heavy atom. The fraction of sp³-hybridized carbons (Fsp3) is 0.524. The summed E-state index contributed by atoms with van der Waals surface area (Å²) in [5.41, 5.74) is 1.25.